The summed E-state index contributed by atoms with van der Waals surface area (Å²) in [6.45, 7) is 0. The lowest BCUT2D eigenvalue weighted by molar-refractivity contribution is -0.112. The van der Waals surface area contributed by atoms with Crippen molar-refractivity contribution in [3.63, 3.8) is 0 Å². The van der Waals surface area contributed by atoms with E-state index in [-0.39, 0.29) is 16.6 Å². The van der Waals surface area contributed by atoms with Crippen molar-refractivity contribution in [1.82, 2.24) is 4.98 Å². The minimum Gasteiger partial charge on any atom is -0.497 e. The van der Waals surface area contributed by atoms with Gasteiger partial charge in [0.25, 0.3) is 5.91 Å². The van der Waals surface area contributed by atoms with Crippen molar-refractivity contribution in [1.29, 1.82) is 5.26 Å². The van der Waals surface area contributed by atoms with E-state index < -0.39 is 5.91 Å². The van der Waals surface area contributed by atoms with Crippen LogP contribution in [0.3, 0.4) is 0 Å². The lowest BCUT2D eigenvalue weighted by Gasteiger charge is -2.03. The predicted molar refractivity (Wildman–Crippen MR) is 111 cm³/mol. The van der Waals surface area contributed by atoms with Gasteiger partial charge >= 0.3 is 0 Å². The fraction of sp³-hybridized carbons (Fsp3) is 0.0476. The molecule has 0 spiro atoms. The zero-order valence-corrected chi connectivity index (χ0v) is 15.9. The van der Waals surface area contributed by atoms with Crippen molar-refractivity contribution < 1.29 is 13.9 Å². The monoisotopic (exact) mass is 403 g/mol. The number of para-hydroxylation sites is 1. The maximum absolute atomic E-state index is 12.7. The van der Waals surface area contributed by atoms with Gasteiger partial charge in [0.2, 0.25) is 0 Å². The van der Waals surface area contributed by atoms with E-state index in [1.54, 1.807) is 18.2 Å². The number of hydrogen-bond donors (Lipinski definition) is 1. The fourth-order valence-electron chi connectivity index (χ4n) is 2.74. The van der Waals surface area contributed by atoms with Crippen LogP contribution in [-0.2, 0) is 4.79 Å². The van der Waals surface area contributed by atoms with Gasteiger partial charge in [0.15, 0.2) is 10.6 Å². The third-order valence-corrected chi connectivity index (χ3v) is 5.14. The zero-order chi connectivity index (χ0) is 20.4. The van der Waals surface area contributed by atoms with Crippen LogP contribution in [0.5, 0.6) is 5.75 Å². The Balaban J connectivity index is 1.66. The van der Waals surface area contributed by atoms with Crippen molar-refractivity contribution in [2.75, 3.05) is 12.4 Å². The highest BCUT2D eigenvalue weighted by Gasteiger charge is 2.14. The zero-order valence-electron chi connectivity index (χ0n) is 15.1. The first-order chi connectivity index (χ1) is 14.1. The van der Waals surface area contributed by atoms with E-state index in [9.17, 15) is 14.9 Å². The molecule has 0 aliphatic heterocycles. The van der Waals surface area contributed by atoms with Crippen molar-refractivity contribution in [2.45, 2.75) is 0 Å². The van der Waals surface area contributed by atoms with Crippen LogP contribution in [-0.4, -0.2) is 18.0 Å². The first-order valence-corrected chi connectivity index (χ1v) is 9.29. The number of anilines is 1. The van der Waals surface area contributed by atoms with Gasteiger partial charge in [-0.3, -0.25) is 14.9 Å². The van der Waals surface area contributed by atoms with Crippen LogP contribution < -0.4 is 15.5 Å². The van der Waals surface area contributed by atoms with E-state index in [4.69, 9.17) is 9.15 Å². The lowest BCUT2D eigenvalue weighted by Crippen LogP contribution is -2.14. The molecule has 0 saturated heterocycles. The van der Waals surface area contributed by atoms with Crippen molar-refractivity contribution >= 4 is 49.6 Å². The van der Waals surface area contributed by atoms with Crippen LogP contribution in [0, 0.1) is 11.3 Å². The van der Waals surface area contributed by atoms with Crippen LogP contribution in [0.15, 0.2) is 63.5 Å². The smallest absolute Gasteiger partial charge is 0.268 e. The van der Waals surface area contributed by atoms with Crippen molar-refractivity contribution in [3.8, 4) is 11.8 Å². The van der Waals surface area contributed by atoms with Gasteiger partial charge in [-0.15, -0.1) is 0 Å². The number of nitrogens with one attached hydrogen (secondary N) is 1. The topological polar surface area (TPSA) is 105 Å². The highest BCUT2D eigenvalue weighted by Crippen LogP contribution is 2.26. The molecule has 1 N–H and O–H groups in total. The molecule has 0 atom stereocenters. The molecule has 29 heavy (non-hydrogen) atoms. The Bertz CT molecular complexity index is 1350. The second kappa shape index (κ2) is 7.58. The van der Waals surface area contributed by atoms with Crippen molar-refractivity contribution in [3.05, 3.63) is 70.1 Å². The van der Waals surface area contributed by atoms with Gasteiger partial charge < -0.3 is 9.15 Å². The minimum absolute atomic E-state index is 0.0960. The Hall–Kier alpha value is -3.96. The number of carbonyl (C=O) groups excluding carboxylic acids is 1. The van der Waals surface area contributed by atoms with Gasteiger partial charge in [0.1, 0.15) is 29.2 Å². The van der Waals surface area contributed by atoms with E-state index in [1.165, 1.54) is 30.8 Å². The van der Waals surface area contributed by atoms with E-state index in [0.29, 0.717) is 21.9 Å². The molecule has 8 heteroatoms. The van der Waals surface area contributed by atoms with Gasteiger partial charge in [0, 0.05) is 6.07 Å². The first kappa shape index (κ1) is 18.4. The Morgan fingerprint density at radius 1 is 1.31 bits per heavy atom. The predicted octanol–water partition coefficient (Wildman–Crippen LogP) is 3.96. The first-order valence-electron chi connectivity index (χ1n) is 8.47. The van der Waals surface area contributed by atoms with Crippen LogP contribution in [0.4, 0.5) is 5.13 Å². The maximum atomic E-state index is 12.7. The molecule has 0 aliphatic rings. The van der Waals surface area contributed by atoms with Gasteiger partial charge in [-0.2, -0.15) is 5.26 Å². The van der Waals surface area contributed by atoms with Gasteiger partial charge in [-0.1, -0.05) is 23.5 Å². The number of carbonyl (C=O) groups is 1. The molecule has 2 aromatic carbocycles. The second-order valence-electron chi connectivity index (χ2n) is 5.99. The summed E-state index contributed by atoms with van der Waals surface area (Å²) in [4.78, 5) is 29.5. The summed E-state index contributed by atoms with van der Waals surface area (Å²) in [5.41, 5.74) is 0.613. The number of fused-ring (bicyclic) bond motifs is 2. The van der Waals surface area contributed by atoms with Crippen LogP contribution in [0.1, 0.15) is 5.56 Å². The van der Waals surface area contributed by atoms with Gasteiger partial charge in [-0.05, 0) is 30.3 Å². The summed E-state index contributed by atoms with van der Waals surface area (Å²) in [6.07, 6.45) is 2.42. The SMILES string of the molecule is COc1ccc2c(=O)c(/C=C(\C#N)C(=O)Nc3nc4ccccc4s3)coc2c1. The van der Waals surface area contributed by atoms with Crippen molar-refractivity contribution in [2.24, 2.45) is 0 Å². The minimum atomic E-state index is -0.652. The quantitative estimate of drug-likeness (QED) is 0.408. The number of ether oxygens (including phenoxy) is 1. The normalized spacial score (nSPS) is 11.4. The molecule has 2 aromatic heterocycles. The van der Waals surface area contributed by atoms with E-state index in [0.717, 1.165) is 10.2 Å². The Labute approximate surface area is 168 Å². The molecule has 0 radical (unpaired) electrons. The molecule has 2 heterocycles. The summed E-state index contributed by atoms with van der Waals surface area (Å²) in [5.74, 6) is -0.0994. The number of nitriles is 1. The molecule has 0 fully saturated rings. The van der Waals surface area contributed by atoms with Gasteiger partial charge in [0.05, 0.1) is 28.3 Å². The molecule has 0 aliphatic carbocycles. The number of nitrogens with zero attached hydrogens (tertiary/aromatic N) is 2. The molecule has 0 saturated carbocycles. The highest BCUT2D eigenvalue weighted by atomic mass is 32.1. The Kier molecular flexibility index (Phi) is 4.81. The number of methoxy groups -OCH3 is 1. The molecular formula is C21H13N3O4S. The summed E-state index contributed by atoms with van der Waals surface area (Å²) in [7, 11) is 1.51. The third kappa shape index (κ3) is 3.59. The second-order valence-corrected chi connectivity index (χ2v) is 7.02. The Morgan fingerprint density at radius 3 is 2.90 bits per heavy atom. The molecule has 4 rings (SSSR count). The summed E-state index contributed by atoms with van der Waals surface area (Å²) < 4.78 is 11.5. The van der Waals surface area contributed by atoms with Crippen LogP contribution >= 0.6 is 11.3 Å². The van der Waals surface area contributed by atoms with E-state index in [2.05, 4.69) is 10.3 Å². The number of hydrogen-bond acceptors (Lipinski definition) is 7. The van der Waals surface area contributed by atoms with Gasteiger partial charge in [-0.25, -0.2) is 4.98 Å². The highest BCUT2D eigenvalue weighted by molar-refractivity contribution is 7.22. The average molecular weight is 403 g/mol. The van der Waals surface area contributed by atoms with E-state index >= 15 is 0 Å². The largest absolute Gasteiger partial charge is 0.497 e. The number of aromatic nitrogens is 1. The third-order valence-electron chi connectivity index (χ3n) is 4.19. The fourth-order valence-corrected chi connectivity index (χ4v) is 3.61. The average Bonchev–Trinajstić information content (AvgIpc) is 3.15. The molecule has 0 bridgehead atoms. The molecule has 4 aromatic rings. The number of amides is 1. The van der Waals surface area contributed by atoms with E-state index in [1.807, 2.05) is 30.3 Å². The summed E-state index contributed by atoms with van der Waals surface area (Å²) >= 11 is 1.30. The molecular weight excluding hydrogens is 390 g/mol. The molecule has 7 nitrogen and oxygen atoms in total. The number of thiazole rings is 1. The maximum Gasteiger partial charge on any atom is 0.268 e. The summed E-state index contributed by atoms with van der Waals surface area (Å²) in [5, 5.41) is 12.7. The van der Waals surface area contributed by atoms with Crippen LogP contribution in [0.2, 0.25) is 0 Å². The lowest BCUT2D eigenvalue weighted by atomic mass is 10.1. The molecule has 0 unspecified atom stereocenters. The van der Waals surface area contributed by atoms with Crippen LogP contribution in [0.25, 0.3) is 27.3 Å². The molecule has 1 amide bonds. The Morgan fingerprint density at radius 2 is 2.14 bits per heavy atom. The molecule has 142 valence electrons. The standard InChI is InChI=1S/C21H13N3O4S/c1-27-14-6-7-15-17(9-14)28-11-13(19(15)25)8-12(10-22)20(26)24-21-23-16-4-2-3-5-18(16)29-21/h2-9,11H,1H3,(H,23,24,26)/b12-8+. The number of benzene rings is 2. The number of rotatable bonds is 4. The summed E-state index contributed by atoms with van der Waals surface area (Å²) in [6, 6.07) is 14.1.